The van der Waals surface area contributed by atoms with Crippen LogP contribution in [-0.4, -0.2) is 6.61 Å². The Morgan fingerprint density at radius 3 is 2.83 bits per heavy atom. The summed E-state index contributed by atoms with van der Waals surface area (Å²) in [5.74, 6) is 0. The minimum Gasteiger partial charge on any atom is -0.370 e. The van der Waals surface area contributed by atoms with E-state index in [1.807, 2.05) is 0 Å². The second-order valence-corrected chi connectivity index (χ2v) is 6.27. The van der Waals surface area contributed by atoms with Crippen molar-refractivity contribution in [3.63, 3.8) is 0 Å². The molecular weight excluding hydrogens is 247 g/mol. The van der Waals surface area contributed by atoms with Gasteiger partial charge in [0.25, 0.3) is 0 Å². The number of rotatable bonds is 6. The van der Waals surface area contributed by atoms with E-state index >= 15 is 0 Å². The lowest BCUT2D eigenvalue weighted by atomic mass is 9.82. The van der Waals surface area contributed by atoms with Gasteiger partial charge in [-0.1, -0.05) is 39.5 Å². The van der Waals surface area contributed by atoms with Crippen molar-refractivity contribution < 1.29 is 9.13 Å². The minimum absolute atomic E-state index is 0.0542. The Hall–Kier alpha value is -0.410. The van der Waals surface area contributed by atoms with E-state index in [1.54, 1.807) is 6.07 Å². The molecule has 0 aromatic carbocycles. The predicted molar refractivity (Wildman–Crippen MR) is 74.7 cm³/mol. The van der Waals surface area contributed by atoms with Crippen LogP contribution in [0, 0.1) is 5.13 Å². The average molecular weight is 270 g/mol. The molecular formula is C15H23FOS. The maximum absolute atomic E-state index is 13.5. The van der Waals surface area contributed by atoms with Crippen molar-refractivity contribution in [1.82, 2.24) is 0 Å². The quantitative estimate of drug-likeness (QED) is 0.658. The summed E-state index contributed by atoms with van der Waals surface area (Å²) in [7, 11) is 0. The zero-order valence-electron chi connectivity index (χ0n) is 11.4. The number of fused-ring (bicyclic) bond motifs is 1. The topological polar surface area (TPSA) is 9.23 Å². The van der Waals surface area contributed by atoms with Gasteiger partial charge < -0.3 is 4.74 Å². The molecule has 1 aliphatic heterocycles. The second-order valence-electron chi connectivity index (χ2n) is 5.19. The lowest BCUT2D eigenvalue weighted by Gasteiger charge is -2.38. The molecule has 1 aromatic heterocycles. The Morgan fingerprint density at radius 2 is 2.11 bits per heavy atom. The van der Waals surface area contributed by atoms with Gasteiger partial charge in [0.1, 0.15) is 0 Å². The lowest BCUT2D eigenvalue weighted by molar-refractivity contribution is -0.0737. The van der Waals surface area contributed by atoms with E-state index in [4.69, 9.17) is 4.74 Å². The highest BCUT2D eigenvalue weighted by Gasteiger charge is 2.38. The van der Waals surface area contributed by atoms with Gasteiger partial charge >= 0.3 is 0 Å². The number of hydrogen-bond acceptors (Lipinski definition) is 2. The minimum atomic E-state index is -0.196. The van der Waals surface area contributed by atoms with E-state index < -0.39 is 0 Å². The number of halogens is 1. The van der Waals surface area contributed by atoms with Gasteiger partial charge in [0.05, 0.1) is 12.2 Å². The molecule has 1 aromatic rings. The molecule has 0 aliphatic carbocycles. The molecule has 0 fully saturated rings. The molecule has 0 bridgehead atoms. The van der Waals surface area contributed by atoms with Crippen molar-refractivity contribution >= 4 is 11.3 Å². The van der Waals surface area contributed by atoms with Gasteiger partial charge in [-0.25, -0.2) is 0 Å². The van der Waals surface area contributed by atoms with E-state index in [0.717, 1.165) is 37.9 Å². The molecule has 18 heavy (non-hydrogen) atoms. The van der Waals surface area contributed by atoms with E-state index in [2.05, 4.69) is 13.8 Å². The number of thiophene rings is 1. The summed E-state index contributed by atoms with van der Waals surface area (Å²) in [6.45, 7) is 5.14. The molecule has 1 atom stereocenters. The highest BCUT2D eigenvalue weighted by Crippen LogP contribution is 2.43. The first-order valence-corrected chi connectivity index (χ1v) is 7.96. The zero-order valence-corrected chi connectivity index (χ0v) is 12.2. The van der Waals surface area contributed by atoms with Crippen molar-refractivity contribution in [2.45, 2.75) is 64.4 Å². The van der Waals surface area contributed by atoms with Crippen molar-refractivity contribution in [3.8, 4) is 0 Å². The molecule has 3 heteroatoms. The van der Waals surface area contributed by atoms with Crippen LogP contribution in [0.1, 0.15) is 62.8 Å². The maximum atomic E-state index is 13.5. The van der Waals surface area contributed by atoms with Gasteiger partial charge in [-0.2, -0.15) is 4.39 Å². The molecule has 0 amide bonds. The zero-order chi connectivity index (χ0) is 13.0. The summed E-state index contributed by atoms with van der Waals surface area (Å²) in [6.07, 6.45) is 7.64. The molecule has 1 unspecified atom stereocenters. The van der Waals surface area contributed by atoms with Crippen LogP contribution in [0.4, 0.5) is 4.39 Å². The van der Waals surface area contributed by atoms with Crippen molar-refractivity contribution in [3.05, 3.63) is 21.6 Å². The molecule has 102 valence electrons. The molecule has 0 saturated carbocycles. The van der Waals surface area contributed by atoms with Crippen LogP contribution in [0.5, 0.6) is 0 Å². The fourth-order valence-corrected chi connectivity index (χ4v) is 3.94. The highest BCUT2D eigenvalue weighted by molar-refractivity contribution is 7.10. The third-order valence-electron chi connectivity index (χ3n) is 3.82. The smallest absolute Gasteiger partial charge is 0.177 e. The standard InChI is InChI=1S/C15H23FOS/c1-3-5-6-9-15(8-4-2)12-11-14(16)18-13(12)7-10-17-15/h11H,3-10H2,1-2H3. The van der Waals surface area contributed by atoms with Gasteiger partial charge in [-0.3, -0.25) is 0 Å². The van der Waals surface area contributed by atoms with Gasteiger partial charge in [0.15, 0.2) is 5.13 Å². The monoisotopic (exact) mass is 270 g/mol. The summed E-state index contributed by atoms with van der Waals surface area (Å²) in [5.41, 5.74) is 0.951. The van der Waals surface area contributed by atoms with Crippen molar-refractivity contribution in [2.75, 3.05) is 6.61 Å². The first-order valence-electron chi connectivity index (χ1n) is 7.14. The molecule has 1 nitrogen and oxygen atoms in total. The van der Waals surface area contributed by atoms with Crippen LogP contribution in [0.25, 0.3) is 0 Å². The Kier molecular flexibility index (Phi) is 4.79. The molecule has 0 radical (unpaired) electrons. The largest absolute Gasteiger partial charge is 0.370 e. The summed E-state index contributed by atoms with van der Waals surface area (Å²) < 4.78 is 19.7. The fraction of sp³-hybridized carbons (Fsp3) is 0.733. The van der Waals surface area contributed by atoms with Crippen LogP contribution in [0.15, 0.2) is 6.07 Å². The van der Waals surface area contributed by atoms with Crippen molar-refractivity contribution in [2.24, 2.45) is 0 Å². The highest BCUT2D eigenvalue weighted by atomic mass is 32.1. The van der Waals surface area contributed by atoms with Gasteiger partial charge in [-0.15, -0.1) is 11.3 Å². The van der Waals surface area contributed by atoms with Gasteiger partial charge in [-0.05, 0) is 18.9 Å². The van der Waals surface area contributed by atoms with Crippen LogP contribution < -0.4 is 0 Å². The first kappa shape index (κ1) is 14.0. The van der Waals surface area contributed by atoms with Crippen LogP contribution in [0.2, 0.25) is 0 Å². The second kappa shape index (κ2) is 6.16. The van der Waals surface area contributed by atoms with Gasteiger partial charge in [0, 0.05) is 16.9 Å². The molecule has 1 aliphatic rings. The third-order valence-corrected chi connectivity index (χ3v) is 4.80. The Bertz CT molecular complexity index is 388. The Morgan fingerprint density at radius 1 is 1.28 bits per heavy atom. The summed E-state index contributed by atoms with van der Waals surface area (Å²) in [5, 5.41) is -0.0542. The molecule has 0 spiro atoms. The Labute approximate surface area is 113 Å². The molecule has 0 saturated heterocycles. The number of hydrogen-bond donors (Lipinski definition) is 0. The third kappa shape index (κ3) is 2.77. The molecule has 2 rings (SSSR count). The van der Waals surface area contributed by atoms with E-state index in [9.17, 15) is 4.39 Å². The summed E-state index contributed by atoms with van der Waals surface area (Å²) in [6, 6.07) is 1.72. The molecule has 0 N–H and O–H groups in total. The van der Waals surface area contributed by atoms with E-state index in [-0.39, 0.29) is 10.7 Å². The SMILES string of the molecule is CCCCCC1(CCC)OCCc2sc(F)cc21. The molecule has 2 heterocycles. The fourth-order valence-electron chi connectivity index (χ4n) is 2.99. The number of ether oxygens (including phenoxy) is 1. The van der Waals surface area contributed by atoms with Gasteiger partial charge in [0.2, 0.25) is 0 Å². The van der Waals surface area contributed by atoms with E-state index in [1.165, 1.54) is 35.5 Å². The normalized spacial score (nSPS) is 23.1. The average Bonchev–Trinajstić information content (AvgIpc) is 2.72. The predicted octanol–water partition coefficient (Wildman–Crippen LogP) is 5.04. The Balaban J connectivity index is 2.23. The number of unbranched alkanes of at least 4 members (excludes halogenated alkanes) is 2. The van der Waals surface area contributed by atoms with Crippen molar-refractivity contribution in [1.29, 1.82) is 0 Å². The summed E-state index contributed by atoms with van der Waals surface area (Å²) >= 11 is 1.31. The first-order chi connectivity index (χ1) is 8.72. The van der Waals surface area contributed by atoms with Crippen LogP contribution in [-0.2, 0) is 16.8 Å². The van der Waals surface area contributed by atoms with Crippen LogP contribution >= 0.6 is 11.3 Å². The maximum Gasteiger partial charge on any atom is 0.177 e. The summed E-state index contributed by atoms with van der Waals surface area (Å²) in [4.78, 5) is 1.21. The lowest BCUT2D eigenvalue weighted by Crippen LogP contribution is -2.34. The van der Waals surface area contributed by atoms with Crippen LogP contribution in [0.3, 0.4) is 0 Å². The van der Waals surface area contributed by atoms with E-state index in [0.29, 0.717) is 0 Å².